The van der Waals surface area contributed by atoms with Crippen LogP contribution >= 0.6 is 0 Å². The molecule has 0 saturated heterocycles. The molecule has 2 aromatic carbocycles. The van der Waals surface area contributed by atoms with Crippen molar-refractivity contribution in [3.63, 3.8) is 0 Å². The summed E-state index contributed by atoms with van der Waals surface area (Å²) in [5, 5.41) is 2.14. The molecule has 1 saturated carbocycles. The minimum absolute atomic E-state index is 0.0263. The van der Waals surface area contributed by atoms with Crippen molar-refractivity contribution in [1.82, 2.24) is 0 Å². The van der Waals surface area contributed by atoms with E-state index in [0.29, 0.717) is 6.61 Å². The lowest BCUT2D eigenvalue weighted by Crippen LogP contribution is -2.66. The van der Waals surface area contributed by atoms with Crippen molar-refractivity contribution in [2.45, 2.75) is 37.7 Å². The topological polar surface area (TPSA) is 52.6 Å². The van der Waals surface area contributed by atoms with Crippen molar-refractivity contribution in [2.75, 3.05) is 6.61 Å². The van der Waals surface area contributed by atoms with Gasteiger partial charge in [0.1, 0.15) is 5.76 Å². The summed E-state index contributed by atoms with van der Waals surface area (Å²) in [6, 6.07) is 20.4. The molecule has 0 aliphatic heterocycles. The molecule has 178 valence electrons. The van der Waals surface area contributed by atoms with Crippen LogP contribution in [0.5, 0.6) is 0 Å². The quantitative estimate of drug-likeness (QED) is 0.320. The lowest BCUT2D eigenvalue weighted by Gasteiger charge is -2.43. The Labute approximate surface area is 193 Å². The maximum absolute atomic E-state index is 12.6. The Morgan fingerprint density at radius 2 is 1.45 bits per heavy atom. The Balaban J connectivity index is 1.55. The second-order valence-electron chi connectivity index (χ2n) is 9.70. The van der Waals surface area contributed by atoms with Gasteiger partial charge in [0.25, 0.3) is 8.32 Å². The van der Waals surface area contributed by atoms with Gasteiger partial charge in [0, 0.05) is 13.0 Å². The van der Waals surface area contributed by atoms with Crippen molar-refractivity contribution < 1.29 is 30.2 Å². The van der Waals surface area contributed by atoms with Gasteiger partial charge in [0.15, 0.2) is 0 Å². The van der Waals surface area contributed by atoms with Crippen molar-refractivity contribution in [3.8, 4) is 0 Å². The smallest absolute Gasteiger partial charge is 0.407 e. The number of fused-ring (bicyclic) bond motifs is 1. The molecule has 2 aromatic rings. The Morgan fingerprint density at radius 3 is 1.85 bits per heavy atom. The lowest BCUT2D eigenvalue weighted by atomic mass is 10.2. The van der Waals surface area contributed by atoms with Gasteiger partial charge in [-0.3, -0.25) is 0 Å². The average Bonchev–Trinajstić information content (AvgIpc) is 3.19. The molecule has 0 N–H and O–H groups in total. The van der Waals surface area contributed by atoms with E-state index >= 15 is 0 Å². The summed E-state index contributed by atoms with van der Waals surface area (Å²) in [5.74, 6) is 0.0277. The highest BCUT2D eigenvalue weighted by Crippen LogP contribution is 2.57. The van der Waals surface area contributed by atoms with Crippen LogP contribution in [0.25, 0.3) is 0 Å². The van der Waals surface area contributed by atoms with Gasteiger partial charge in [-0.05, 0) is 39.2 Å². The minimum atomic E-state index is -5.62. The first-order valence-electron chi connectivity index (χ1n) is 10.8. The van der Waals surface area contributed by atoms with Crippen LogP contribution in [0, 0.1) is 17.8 Å². The molecule has 4 nitrogen and oxygen atoms in total. The zero-order valence-corrected chi connectivity index (χ0v) is 20.5. The monoisotopic (exact) mass is 496 g/mol. The molecule has 4 rings (SSSR count). The minimum Gasteiger partial charge on any atom is -0.407 e. The second kappa shape index (κ2) is 8.28. The number of hydrogen-bond donors (Lipinski definition) is 0. The van der Waals surface area contributed by atoms with Crippen molar-refractivity contribution in [2.24, 2.45) is 17.8 Å². The molecule has 2 aliphatic carbocycles. The fourth-order valence-electron chi connectivity index (χ4n) is 4.99. The van der Waals surface area contributed by atoms with E-state index in [1.807, 2.05) is 36.4 Å². The summed E-state index contributed by atoms with van der Waals surface area (Å²) in [5.41, 5.74) is -5.42. The van der Waals surface area contributed by atoms with Crippen LogP contribution < -0.4 is 10.4 Å². The van der Waals surface area contributed by atoms with E-state index in [4.69, 9.17) is 4.43 Å². The van der Waals surface area contributed by atoms with Crippen molar-refractivity contribution in [3.05, 3.63) is 72.5 Å². The van der Waals surface area contributed by atoms with Gasteiger partial charge in [-0.15, -0.1) is 0 Å². The zero-order valence-electron chi connectivity index (χ0n) is 18.7. The van der Waals surface area contributed by atoms with E-state index in [1.165, 1.54) is 6.08 Å². The summed E-state index contributed by atoms with van der Waals surface area (Å²) in [7, 11) is -8.32. The Morgan fingerprint density at radius 1 is 0.939 bits per heavy atom. The summed E-state index contributed by atoms with van der Waals surface area (Å²) < 4.78 is 71.6. The van der Waals surface area contributed by atoms with Crippen LogP contribution in [0.2, 0.25) is 5.04 Å². The molecule has 0 spiro atoms. The third-order valence-electron chi connectivity index (χ3n) is 6.62. The normalized spacial score (nSPS) is 23.1. The molecule has 0 aromatic heterocycles. The molecule has 1 fully saturated rings. The van der Waals surface area contributed by atoms with Crippen LogP contribution in [0.3, 0.4) is 0 Å². The number of halogens is 3. The van der Waals surface area contributed by atoms with Crippen LogP contribution in [0.15, 0.2) is 72.5 Å². The largest absolute Gasteiger partial charge is 0.534 e. The first-order chi connectivity index (χ1) is 15.4. The molecule has 0 heterocycles. The fraction of sp³-hybridized carbons (Fsp3) is 0.417. The summed E-state index contributed by atoms with van der Waals surface area (Å²) in [4.78, 5) is 0. The molecule has 0 bridgehead atoms. The highest BCUT2D eigenvalue weighted by atomic mass is 32.2. The highest BCUT2D eigenvalue weighted by Gasteiger charge is 2.58. The van der Waals surface area contributed by atoms with E-state index in [-0.39, 0.29) is 35.0 Å². The first-order valence-corrected chi connectivity index (χ1v) is 14.1. The summed E-state index contributed by atoms with van der Waals surface area (Å²) in [6.07, 6.45) is 1.70. The van der Waals surface area contributed by atoms with Crippen LogP contribution in [-0.4, -0.2) is 28.9 Å². The predicted octanol–water partition coefficient (Wildman–Crippen LogP) is 4.58. The Kier molecular flexibility index (Phi) is 6.03. The zero-order chi connectivity index (χ0) is 24.1. The lowest BCUT2D eigenvalue weighted by molar-refractivity contribution is -0.0523. The molecular formula is C24H27F3O4SSi. The van der Waals surface area contributed by atoms with E-state index < -0.39 is 23.9 Å². The van der Waals surface area contributed by atoms with Crippen LogP contribution in [-0.2, 0) is 18.7 Å². The van der Waals surface area contributed by atoms with Gasteiger partial charge < -0.3 is 8.61 Å². The summed E-state index contributed by atoms with van der Waals surface area (Å²) >= 11 is 0. The van der Waals surface area contributed by atoms with E-state index in [2.05, 4.69) is 49.2 Å². The third-order valence-corrected chi connectivity index (χ3v) is 12.6. The molecule has 0 unspecified atom stereocenters. The first kappa shape index (κ1) is 24.0. The maximum atomic E-state index is 12.6. The van der Waals surface area contributed by atoms with Gasteiger partial charge in [-0.25, -0.2) is 0 Å². The molecule has 9 heteroatoms. The SMILES string of the molecule is CC(C)(C)[Si](OC[C@@H]1[C@@H]2C=C(OS(=O)(=O)C(F)(F)F)C[C@H]21)(c1ccccc1)c1ccccc1. The van der Waals surface area contributed by atoms with Gasteiger partial charge in [0.2, 0.25) is 0 Å². The van der Waals surface area contributed by atoms with Crippen molar-refractivity contribution in [1.29, 1.82) is 0 Å². The standard InChI is InChI=1S/C24H27F3O4SSi/c1-23(2,3)33(18-10-6-4-7-11-18,19-12-8-5-9-13-19)30-16-22-20-14-17(15-21(20)22)31-32(28,29)24(25,26)27/h4-14,20-22H,15-16H2,1-3H3/t20-,21-,22-/m1/s1. The predicted molar refractivity (Wildman–Crippen MR) is 123 cm³/mol. The number of hydrogen-bond acceptors (Lipinski definition) is 4. The number of allylic oxidation sites excluding steroid dienone is 2. The third kappa shape index (κ3) is 4.38. The molecule has 2 aliphatic rings. The van der Waals surface area contributed by atoms with Gasteiger partial charge >= 0.3 is 15.6 Å². The maximum Gasteiger partial charge on any atom is 0.534 e. The number of alkyl halides is 3. The number of rotatable bonds is 7. The van der Waals surface area contributed by atoms with Gasteiger partial charge in [-0.1, -0.05) is 81.4 Å². The van der Waals surface area contributed by atoms with Crippen LogP contribution in [0.1, 0.15) is 27.2 Å². The van der Waals surface area contributed by atoms with Crippen LogP contribution in [0.4, 0.5) is 13.2 Å². The van der Waals surface area contributed by atoms with Gasteiger partial charge in [-0.2, -0.15) is 21.6 Å². The Bertz CT molecular complexity index is 1090. The van der Waals surface area contributed by atoms with E-state index in [1.54, 1.807) is 0 Å². The van der Waals surface area contributed by atoms with Crippen molar-refractivity contribution >= 4 is 28.8 Å². The molecule has 33 heavy (non-hydrogen) atoms. The fourth-order valence-corrected chi connectivity index (χ4v) is 10.1. The van der Waals surface area contributed by atoms with E-state index in [9.17, 15) is 21.6 Å². The molecule has 0 amide bonds. The Hall–Kier alpha value is -2.10. The second-order valence-corrected chi connectivity index (χ2v) is 15.5. The summed E-state index contributed by atoms with van der Waals surface area (Å²) in [6.45, 7) is 7.00. The molecule has 3 atom stereocenters. The number of benzene rings is 2. The molecule has 0 radical (unpaired) electrons. The van der Waals surface area contributed by atoms with Gasteiger partial charge in [0.05, 0.1) is 0 Å². The highest BCUT2D eigenvalue weighted by molar-refractivity contribution is 7.87. The van der Waals surface area contributed by atoms with E-state index in [0.717, 1.165) is 10.4 Å². The average molecular weight is 497 g/mol. The molecular weight excluding hydrogens is 469 g/mol.